The number of halogens is 1. The van der Waals surface area contributed by atoms with Gasteiger partial charge >= 0.3 is 0 Å². The Balaban J connectivity index is 2.86. The van der Waals surface area contributed by atoms with E-state index in [-0.39, 0.29) is 22.3 Å². The quantitative estimate of drug-likeness (QED) is 0.348. The van der Waals surface area contributed by atoms with Crippen molar-refractivity contribution in [3.05, 3.63) is 33.1 Å². The monoisotopic (exact) mass is 285 g/mol. The molecule has 1 rings (SSSR count). The van der Waals surface area contributed by atoms with Gasteiger partial charge in [-0.15, -0.1) is 0 Å². The summed E-state index contributed by atoms with van der Waals surface area (Å²) in [7, 11) is 1.65. The predicted molar refractivity (Wildman–Crippen MR) is 72.4 cm³/mol. The van der Waals surface area contributed by atoms with E-state index in [0.717, 1.165) is 31.5 Å². The van der Waals surface area contributed by atoms with Crippen LogP contribution in [0.1, 0.15) is 36.5 Å². The summed E-state index contributed by atoms with van der Waals surface area (Å²) in [5, 5.41) is 10.6. The topological polar surface area (TPSA) is 76.3 Å². The second-order valence-electron chi connectivity index (χ2n) is 4.22. The van der Waals surface area contributed by atoms with Crippen molar-refractivity contribution < 1.29 is 9.72 Å². The lowest BCUT2D eigenvalue weighted by atomic mass is 10.2. The Morgan fingerprint density at radius 3 is 2.79 bits per heavy atom. The highest BCUT2D eigenvalue weighted by Gasteiger charge is 2.19. The van der Waals surface area contributed by atoms with Gasteiger partial charge in [-0.25, -0.2) is 4.98 Å². The second-order valence-corrected chi connectivity index (χ2v) is 4.58. The van der Waals surface area contributed by atoms with Crippen LogP contribution in [-0.2, 0) is 0 Å². The molecule has 1 aromatic heterocycles. The minimum Gasteiger partial charge on any atom is -0.342 e. The number of nitro groups is 1. The summed E-state index contributed by atoms with van der Waals surface area (Å²) in [5.41, 5.74) is -0.176. The summed E-state index contributed by atoms with van der Waals surface area (Å²) in [6.07, 6.45) is 4.01. The summed E-state index contributed by atoms with van der Waals surface area (Å²) in [6.45, 7) is 2.66. The maximum atomic E-state index is 12.1. The zero-order valence-electron chi connectivity index (χ0n) is 10.9. The SMILES string of the molecule is CCCCCN(C)C(=O)c1cc([N+](=O)[O-])cnc1Cl. The number of pyridine rings is 1. The highest BCUT2D eigenvalue weighted by atomic mass is 35.5. The van der Waals surface area contributed by atoms with Crippen LogP contribution in [0, 0.1) is 10.1 Å². The van der Waals surface area contributed by atoms with Gasteiger partial charge in [0.1, 0.15) is 11.3 Å². The third-order valence-electron chi connectivity index (χ3n) is 2.71. The molecule has 0 aliphatic carbocycles. The first-order valence-electron chi connectivity index (χ1n) is 6.02. The van der Waals surface area contributed by atoms with Crippen LogP contribution in [0.5, 0.6) is 0 Å². The highest BCUT2D eigenvalue weighted by Crippen LogP contribution is 2.20. The molecule has 19 heavy (non-hydrogen) atoms. The predicted octanol–water partition coefficient (Wildman–Crippen LogP) is 2.91. The van der Waals surface area contributed by atoms with Crippen LogP contribution in [0.25, 0.3) is 0 Å². The minimum atomic E-state index is -0.600. The molecule has 0 bridgehead atoms. The van der Waals surface area contributed by atoms with Crippen LogP contribution in [0.15, 0.2) is 12.3 Å². The van der Waals surface area contributed by atoms with Crippen LogP contribution in [0.4, 0.5) is 5.69 Å². The lowest BCUT2D eigenvalue weighted by Gasteiger charge is -2.17. The smallest absolute Gasteiger partial charge is 0.288 e. The fraction of sp³-hybridized carbons (Fsp3) is 0.500. The molecule has 0 fully saturated rings. The molecule has 0 atom stereocenters. The number of amides is 1. The molecule has 0 saturated carbocycles. The Morgan fingerprint density at radius 2 is 2.21 bits per heavy atom. The summed E-state index contributed by atoms with van der Waals surface area (Å²) in [5.74, 6) is -0.350. The maximum Gasteiger partial charge on any atom is 0.288 e. The molecule has 104 valence electrons. The average molecular weight is 286 g/mol. The first kappa shape index (κ1) is 15.4. The van der Waals surface area contributed by atoms with E-state index in [0.29, 0.717) is 6.54 Å². The van der Waals surface area contributed by atoms with E-state index in [9.17, 15) is 14.9 Å². The van der Waals surface area contributed by atoms with Gasteiger partial charge in [-0.1, -0.05) is 31.4 Å². The molecule has 1 heterocycles. The van der Waals surface area contributed by atoms with Gasteiger partial charge < -0.3 is 4.90 Å². The van der Waals surface area contributed by atoms with E-state index in [4.69, 9.17) is 11.6 Å². The third-order valence-corrected chi connectivity index (χ3v) is 3.01. The number of nitrogens with zero attached hydrogens (tertiary/aromatic N) is 3. The number of carbonyl (C=O) groups excluding carboxylic acids is 1. The van der Waals surface area contributed by atoms with Crippen molar-refractivity contribution in [2.45, 2.75) is 26.2 Å². The van der Waals surface area contributed by atoms with Gasteiger partial charge in [-0.3, -0.25) is 14.9 Å². The van der Waals surface area contributed by atoms with E-state index in [2.05, 4.69) is 11.9 Å². The van der Waals surface area contributed by atoms with E-state index < -0.39 is 4.92 Å². The van der Waals surface area contributed by atoms with Crippen LogP contribution < -0.4 is 0 Å². The number of hydrogen-bond donors (Lipinski definition) is 0. The summed E-state index contributed by atoms with van der Waals surface area (Å²) in [4.78, 5) is 27.4. The molecule has 1 aromatic rings. The number of unbranched alkanes of at least 4 members (excludes halogenated alkanes) is 2. The fourth-order valence-electron chi connectivity index (χ4n) is 1.59. The van der Waals surface area contributed by atoms with Crippen LogP contribution in [0.3, 0.4) is 0 Å². The zero-order valence-corrected chi connectivity index (χ0v) is 11.7. The second kappa shape index (κ2) is 7.04. The molecule has 1 amide bonds. The molecule has 0 saturated heterocycles. The van der Waals surface area contributed by atoms with Crippen molar-refractivity contribution in [3.63, 3.8) is 0 Å². The highest BCUT2D eigenvalue weighted by molar-refractivity contribution is 6.32. The average Bonchev–Trinajstić information content (AvgIpc) is 2.38. The van der Waals surface area contributed by atoms with Crippen molar-refractivity contribution in [3.8, 4) is 0 Å². The van der Waals surface area contributed by atoms with Gasteiger partial charge in [0.2, 0.25) is 0 Å². The van der Waals surface area contributed by atoms with Crippen molar-refractivity contribution in [2.24, 2.45) is 0 Å². The summed E-state index contributed by atoms with van der Waals surface area (Å²) >= 11 is 5.82. The van der Waals surface area contributed by atoms with Crippen molar-refractivity contribution in [2.75, 3.05) is 13.6 Å². The lowest BCUT2D eigenvalue weighted by Crippen LogP contribution is -2.28. The molecule has 0 N–H and O–H groups in total. The molecule has 0 aliphatic heterocycles. The van der Waals surface area contributed by atoms with Gasteiger partial charge in [0.05, 0.1) is 10.5 Å². The van der Waals surface area contributed by atoms with E-state index in [1.165, 1.54) is 4.90 Å². The van der Waals surface area contributed by atoms with Gasteiger partial charge in [0.25, 0.3) is 11.6 Å². The summed E-state index contributed by atoms with van der Waals surface area (Å²) < 4.78 is 0. The Morgan fingerprint density at radius 1 is 1.53 bits per heavy atom. The molecule has 0 aliphatic rings. The lowest BCUT2D eigenvalue weighted by molar-refractivity contribution is -0.385. The number of carbonyl (C=O) groups is 1. The van der Waals surface area contributed by atoms with E-state index in [1.54, 1.807) is 7.05 Å². The van der Waals surface area contributed by atoms with Crippen molar-refractivity contribution in [1.29, 1.82) is 0 Å². The Kier molecular flexibility index (Phi) is 5.69. The molecule has 0 unspecified atom stereocenters. The first-order valence-corrected chi connectivity index (χ1v) is 6.40. The normalized spacial score (nSPS) is 10.3. The van der Waals surface area contributed by atoms with Gasteiger partial charge in [0.15, 0.2) is 0 Å². The number of aromatic nitrogens is 1. The Hall–Kier alpha value is -1.69. The van der Waals surface area contributed by atoms with Crippen molar-refractivity contribution >= 4 is 23.2 Å². The van der Waals surface area contributed by atoms with E-state index in [1.807, 2.05) is 0 Å². The van der Waals surface area contributed by atoms with Crippen LogP contribution in [0.2, 0.25) is 5.15 Å². The molecule has 7 heteroatoms. The van der Waals surface area contributed by atoms with E-state index >= 15 is 0 Å². The van der Waals surface area contributed by atoms with Gasteiger partial charge in [-0.05, 0) is 6.42 Å². The van der Waals surface area contributed by atoms with Crippen LogP contribution >= 0.6 is 11.6 Å². The van der Waals surface area contributed by atoms with Crippen LogP contribution in [-0.4, -0.2) is 34.3 Å². The first-order chi connectivity index (χ1) is 8.97. The summed E-state index contributed by atoms with van der Waals surface area (Å²) in [6, 6.07) is 1.16. The van der Waals surface area contributed by atoms with Gasteiger partial charge in [0, 0.05) is 19.7 Å². The molecule has 6 nitrogen and oxygen atoms in total. The number of rotatable bonds is 6. The maximum absolute atomic E-state index is 12.1. The molecular formula is C12H16ClN3O3. The Labute approximate surface area is 116 Å². The zero-order chi connectivity index (χ0) is 14.4. The molecular weight excluding hydrogens is 270 g/mol. The largest absolute Gasteiger partial charge is 0.342 e. The standard InChI is InChI=1S/C12H16ClN3O3/c1-3-4-5-6-15(2)12(17)10-7-9(16(18)19)8-14-11(10)13/h7-8H,3-6H2,1-2H3. The molecule has 0 radical (unpaired) electrons. The fourth-order valence-corrected chi connectivity index (χ4v) is 1.78. The van der Waals surface area contributed by atoms with Crippen molar-refractivity contribution in [1.82, 2.24) is 9.88 Å². The van der Waals surface area contributed by atoms with Gasteiger partial charge in [-0.2, -0.15) is 0 Å². The Bertz CT molecular complexity index is 479. The number of hydrogen-bond acceptors (Lipinski definition) is 4. The third kappa shape index (κ3) is 4.17. The molecule has 0 aromatic carbocycles. The molecule has 0 spiro atoms. The minimum absolute atomic E-state index is 0.0158.